The van der Waals surface area contributed by atoms with Gasteiger partial charge in [0.25, 0.3) is 0 Å². The van der Waals surface area contributed by atoms with Crippen molar-refractivity contribution in [3.05, 3.63) is 11.8 Å². The van der Waals surface area contributed by atoms with E-state index >= 15 is 0 Å². The number of hydrogen-bond donors (Lipinski definition) is 0. The fraction of sp³-hybridized carbons (Fsp3) is 0.875. The first kappa shape index (κ1) is 13.9. The molecule has 0 N–H and O–H groups in total. The van der Waals surface area contributed by atoms with E-state index in [0.717, 1.165) is 0 Å². The Hall–Kier alpha value is -0.500. The second-order valence-corrected chi connectivity index (χ2v) is 6.10. The Labute approximate surface area is 112 Å². The third-order valence-electron chi connectivity index (χ3n) is 5.03. The van der Waals surface area contributed by atoms with Crippen LogP contribution in [0.2, 0.25) is 0 Å². The quantitative estimate of drug-likeness (QED) is 0.679. The molecule has 1 atom stereocenters. The van der Waals surface area contributed by atoms with E-state index in [9.17, 15) is 0 Å². The Bertz CT molecular complexity index is 285. The van der Waals surface area contributed by atoms with Gasteiger partial charge >= 0.3 is 0 Å². The van der Waals surface area contributed by atoms with Gasteiger partial charge in [0.2, 0.25) is 0 Å². The van der Waals surface area contributed by atoms with E-state index in [1.807, 2.05) is 14.2 Å². The molecule has 0 radical (unpaired) electrons. The fourth-order valence-corrected chi connectivity index (χ4v) is 3.68. The summed E-state index contributed by atoms with van der Waals surface area (Å²) in [6.45, 7) is 2.23. The molecule has 1 unspecified atom stereocenters. The molecule has 2 aliphatic rings. The lowest BCUT2D eigenvalue weighted by Crippen LogP contribution is -2.34. The average Bonchev–Trinajstić information content (AvgIpc) is 3.07. The highest BCUT2D eigenvalue weighted by atomic mass is 16.5. The number of allylic oxidation sites excluding steroid dienone is 1. The topological polar surface area (TPSA) is 18.5 Å². The van der Waals surface area contributed by atoms with Gasteiger partial charge in [-0.05, 0) is 44.6 Å². The van der Waals surface area contributed by atoms with Crippen LogP contribution in [-0.2, 0) is 9.47 Å². The maximum Gasteiger partial charge on any atom is 0.0975 e. The van der Waals surface area contributed by atoms with Gasteiger partial charge in [-0.1, -0.05) is 25.7 Å². The van der Waals surface area contributed by atoms with Gasteiger partial charge in [-0.2, -0.15) is 0 Å². The predicted octanol–water partition coefficient (Wildman–Crippen LogP) is 4.30. The van der Waals surface area contributed by atoms with E-state index < -0.39 is 0 Å². The summed E-state index contributed by atoms with van der Waals surface area (Å²) in [7, 11) is 3.66. The molecule has 104 valence electrons. The minimum absolute atomic E-state index is 0.134. The largest absolute Gasteiger partial charge is 0.501 e. The normalized spacial score (nSPS) is 26.5. The first-order valence-electron chi connectivity index (χ1n) is 7.51. The van der Waals surface area contributed by atoms with Crippen LogP contribution in [0, 0.1) is 11.8 Å². The Morgan fingerprint density at radius 2 is 1.56 bits per heavy atom. The molecule has 2 saturated carbocycles. The maximum atomic E-state index is 5.86. The van der Waals surface area contributed by atoms with Gasteiger partial charge in [-0.3, -0.25) is 0 Å². The van der Waals surface area contributed by atoms with E-state index in [4.69, 9.17) is 9.47 Å². The van der Waals surface area contributed by atoms with Crippen LogP contribution < -0.4 is 0 Å². The molecule has 0 heterocycles. The van der Waals surface area contributed by atoms with E-state index in [0.29, 0.717) is 11.8 Å². The summed E-state index contributed by atoms with van der Waals surface area (Å²) in [5.41, 5.74) is -0.134. The zero-order chi connectivity index (χ0) is 13.0. The molecule has 0 spiro atoms. The summed E-state index contributed by atoms with van der Waals surface area (Å²) in [6.07, 6.45) is 12.8. The molecule has 0 aromatic heterocycles. The first-order valence-corrected chi connectivity index (χ1v) is 7.51. The summed E-state index contributed by atoms with van der Waals surface area (Å²) >= 11 is 0. The molecule has 18 heavy (non-hydrogen) atoms. The van der Waals surface area contributed by atoms with Crippen LogP contribution in [0.25, 0.3) is 0 Å². The van der Waals surface area contributed by atoms with Crippen molar-refractivity contribution in [1.82, 2.24) is 0 Å². The minimum Gasteiger partial charge on any atom is -0.501 e. The molecule has 0 amide bonds. The fourth-order valence-electron chi connectivity index (χ4n) is 3.68. The first-order chi connectivity index (χ1) is 8.69. The third-order valence-corrected chi connectivity index (χ3v) is 5.03. The van der Waals surface area contributed by atoms with Gasteiger partial charge in [0, 0.05) is 13.0 Å². The van der Waals surface area contributed by atoms with E-state index in [2.05, 4.69) is 13.0 Å². The van der Waals surface area contributed by atoms with Crippen molar-refractivity contribution < 1.29 is 9.47 Å². The van der Waals surface area contributed by atoms with E-state index in [-0.39, 0.29) is 5.60 Å². The number of hydrogen-bond acceptors (Lipinski definition) is 2. The Kier molecular flexibility index (Phi) is 4.71. The number of methoxy groups -OCH3 is 2. The highest BCUT2D eigenvalue weighted by Crippen LogP contribution is 2.40. The van der Waals surface area contributed by atoms with Crippen molar-refractivity contribution >= 4 is 0 Å². The van der Waals surface area contributed by atoms with Gasteiger partial charge in [0.1, 0.15) is 0 Å². The van der Waals surface area contributed by atoms with Crippen molar-refractivity contribution in [3.8, 4) is 0 Å². The molecule has 0 aromatic carbocycles. The lowest BCUT2D eigenvalue weighted by molar-refractivity contribution is -0.00430. The summed E-state index contributed by atoms with van der Waals surface area (Å²) in [5, 5.41) is 0. The zero-order valence-electron chi connectivity index (χ0n) is 12.2. The number of rotatable bonds is 5. The molecular formula is C16H28O2. The predicted molar refractivity (Wildman–Crippen MR) is 74.4 cm³/mol. The summed E-state index contributed by atoms with van der Waals surface area (Å²) in [5.74, 6) is 2.46. The number of ether oxygens (including phenoxy) is 2. The van der Waals surface area contributed by atoms with Gasteiger partial charge in [0.15, 0.2) is 0 Å². The average molecular weight is 252 g/mol. The van der Waals surface area contributed by atoms with Crippen LogP contribution in [0.1, 0.15) is 58.3 Å². The summed E-state index contributed by atoms with van der Waals surface area (Å²) in [6, 6.07) is 0. The molecule has 0 aliphatic heterocycles. The maximum absolute atomic E-state index is 5.86. The second-order valence-electron chi connectivity index (χ2n) is 6.10. The van der Waals surface area contributed by atoms with Gasteiger partial charge in [-0.25, -0.2) is 0 Å². The summed E-state index contributed by atoms with van der Waals surface area (Å²) < 4.78 is 11.5. The highest BCUT2D eigenvalue weighted by Gasteiger charge is 2.36. The van der Waals surface area contributed by atoms with Crippen molar-refractivity contribution in [2.75, 3.05) is 14.2 Å². The zero-order valence-corrected chi connectivity index (χ0v) is 12.2. The lowest BCUT2D eigenvalue weighted by atomic mass is 9.85. The molecule has 2 nitrogen and oxygen atoms in total. The molecule has 2 fully saturated rings. The molecule has 0 aromatic rings. The van der Waals surface area contributed by atoms with Gasteiger partial charge in [0.05, 0.1) is 18.5 Å². The molecule has 0 saturated heterocycles. The van der Waals surface area contributed by atoms with Crippen molar-refractivity contribution in [1.29, 1.82) is 0 Å². The molecule has 0 bridgehead atoms. The molecule has 2 rings (SSSR count). The van der Waals surface area contributed by atoms with Crippen LogP contribution in [0.3, 0.4) is 0 Å². The van der Waals surface area contributed by atoms with Crippen LogP contribution >= 0.6 is 0 Å². The molecular weight excluding hydrogens is 224 g/mol. The smallest absolute Gasteiger partial charge is 0.0975 e. The van der Waals surface area contributed by atoms with Crippen LogP contribution in [0.4, 0.5) is 0 Å². The Morgan fingerprint density at radius 3 is 2.06 bits per heavy atom. The van der Waals surface area contributed by atoms with Gasteiger partial charge in [-0.15, -0.1) is 0 Å². The highest BCUT2D eigenvalue weighted by molar-refractivity contribution is 5.12. The van der Waals surface area contributed by atoms with Crippen LogP contribution in [0.15, 0.2) is 11.8 Å². The van der Waals surface area contributed by atoms with Gasteiger partial charge < -0.3 is 9.47 Å². The van der Waals surface area contributed by atoms with E-state index in [1.165, 1.54) is 57.1 Å². The summed E-state index contributed by atoms with van der Waals surface area (Å²) in [4.78, 5) is 0. The lowest BCUT2D eigenvalue weighted by Gasteiger charge is -2.32. The van der Waals surface area contributed by atoms with Crippen molar-refractivity contribution in [2.45, 2.75) is 63.9 Å². The van der Waals surface area contributed by atoms with Crippen LogP contribution in [0.5, 0.6) is 0 Å². The van der Waals surface area contributed by atoms with Crippen molar-refractivity contribution in [2.24, 2.45) is 11.8 Å². The van der Waals surface area contributed by atoms with Crippen molar-refractivity contribution in [3.63, 3.8) is 0 Å². The van der Waals surface area contributed by atoms with E-state index in [1.54, 1.807) is 0 Å². The Morgan fingerprint density at radius 1 is 1.00 bits per heavy atom. The Balaban J connectivity index is 2.13. The standard InChI is InChI=1S/C16H28O2/c1-16(18-3,14-10-6-7-11-14)12-15(17-2)13-8-4-5-9-13/h12-14H,4-11H2,1-3H3/b15-12-. The monoisotopic (exact) mass is 252 g/mol. The van der Waals surface area contributed by atoms with Crippen LogP contribution in [-0.4, -0.2) is 19.8 Å². The minimum atomic E-state index is -0.134. The third kappa shape index (κ3) is 2.90. The molecule has 2 aliphatic carbocycles. The molecule has 2 heteroatoms. The SMILES string of the molecule is CO/C(=C\C(C)(OC)C1CCCC1)C1CCCC1. The second kappa shape index (κ2) is 6.10.